The first-order valence-corrected chi connectivity index (χ1v) is 15.3. The molecule has 4 aromatic rings. The zero-order valence-electron chi connectivity index (χ0n) is 24.6. The van der Waals surface area contributed by atoms with Crippen molar-refractivity contribution in [3.05, 3.63) is 119 Å². The van der Waals surface area contributed by atoms with Gasteiger partial charge in [-0.3, -0.25) is 19.2 Å². The Hall–Kier alpha value is -5.24. The van der Waals surface area contributed by atoms with E-state index in [2.05, 4.69) is 24.3 Å². The Labute approximate surface area is 260 Å². The molecule has 8 heteroatoms. The molecule has 2 aliphatic heterocycles. The third kappa shape index (κ3) is 4.19. The first kappa shape index (κ1) is 27.3. The molecule has 45 heavy (non-hydrogen) atoms. The van der Waals surface area contributed by atoms with Gasteiger partial charge >= 0.3 is 5.97 Å². The lowest BCUT2D eigenvalue weighted by Crippen LogP contribution is -2.41. The topological polar surface area (TPSA) is 93.2 Å². The van der Waals surface area contributed by atoms with Crippen LogP contribution >= 0.6 is 0 Å². The molecule has 0 saturated carbocycles. The van der Waals surface area contributed by atoms with Gasteiger partial charge in [0.1, 0.15) is 11.5 Å². The minimum absolute atomic E-state index is 0.0298. The molecular weight excluding hydrogens is 568 g/mol. The van der Waals surface area contributed by atoms with E-state index in [1.165, 1.54) is 4.90 Å². The summed E-state index contributed by atoms with van der Waals surface area (Å²) in [6.07, 6.45) is 0.0298. The van der Waals surface area contributed by atoms with Crippen molar-refractivity contribution in [2.45, 2.75) is 25.2 Å². The van der Waals surface area contributed by atoms with E-state index < -0.39 is 23.7 Å². The number of carbonyl (C=O) groups excluding carboxylic acids is 4. The lowest BCUT2D eigenvalue weighted by Gasteiger charge is -2.45. The normalized spacial score (nSPS) is 24.4. The van der Waals surface area contributed by atoms with E-state index in [1.807, 2.05) is 31.2 Å². The van der Waals surface area contributed by atoms with E-state index in [0.29, 0.717) is 23.7 Å². The van der Waals surface area contributed by atoms with Crippen LogP contribution in [0.2, 0.25) is 0 Å². The highest BCUT2D eigenvalue weighted by atomic mass is 16.5. The molecule has 2 bridgehead atoms. The number of nitrogens with zero attached hydrogens (tertiary/aromatic N) is 2. The number of ether oxygens (including phenoxy) is 2. The quantitative estimate of drug-likeness (QED) is 0.167. The van der Waals surface area contributed by atoms with Crippen molar-refractivity contribution >= 4 is 35.1 Å². The molecule has 224 valence electrons. The van der Waals surface area contributed by atoms with Crippen LogP contribution in [0.3, 0.4) is 0 Å². The van der Waals surface area contributed by atoms with E-state index in [4.69, 9.17) is 9.47 Å². The Balaban J connectivity index is 1.03. The lowest BCUT2D eigenvalue weighted by molar-refractivity contribution is -0.139. The van der Waals surface area contributed by atoms with Gasteiger partial charge in [0.05, 0.1) is 30.0 Å². The van der Waals surface area contributed by atoms with Crippen molar-refractivity contribution < 1.29 is 28.7 Å². The molecule has 9 rings (SSSR count). The second kappa shape index (κ2) is 10.4. The van der Waals surface area contributed by atoms with Gasteiger partial charge < -0.3 is 14.4 Å². The SMILES string of the molecule is CCOc1ccc(N2C[C@H](C(=O)Oc3cccc(N4C(=O)[C@@H]5C6c7ccccc7C(c7ccccc76)[C@H]5C4=O)c3)CC2=O)cc1. The van der Waals surface area contributed by atoms with Crippen LogP contribution in [0, 0.1) is 17.8 Å². The van der Waals surface area contributed by atoms with Gasteiger partial charge in [-0.1, -0.05) is 54.6 Å². The van der Waals surface area contributed by atoms with Gasteiger partial charge in [0.2, 0.25) is 17.7 Å². The molecule has 3 aliphatic carbocycles. The second-order valence-electron chi connectivity index (χ2n) is 12.0. The van der Waals surface area contributed by atoms with Gasteiger partial charge in [-0.15, -0.1) is 0 Å². The number of hydrogen-bond acceptors (Lipinski definition) is 6. The van der Waals surface area contributed by atoms with Crippen LogP contribution in [0.1, 0.15) is 47.4 Å². The summed E-state index contributed by atoms with van der Waals surface area (Å²) in [4.78, 5) is 57.1. The standard InChI is InChI=1S/C37H30N2O6/c1-2-44-24-16-14-22(15-17-24)38-20-21(18-30(38)40)37(43)45-25-9-7-8-23(19-25)39-35(41)33-31-26-10-3-4-11-27(26)32(34(33)36(39)42)29-13-6-5-12-28(29)31/h3-17,19,21,31-34H,2,18,20H2,1H3/t21-,31?,32?,33-,34-/m1/s1. The fraction of sp³-hybridized carbons (Fsp3) is 0.243. The van der Waals surface area contributed by atoms with Crippen LogP contribution in [0.25, 0.3) is 0 Å². The maximum Gasteiger partial charge on any atom is 0.316 e. The fourth-order valence-electron chi connectivity index (χ4n) is 7.82. The number of benzene rings is 4. The van der Waals surface area contributed by atoms with E-state index in [1.54, 1.807) is 53.4 Å². The summed E-state index contributed by atoms with van der Waals surface area (Å²) in [6, 6.07) is 30.0. The molecule has 0 aromatic heterocycles. The van der Waals surface area contributed by atoms with Crippen molar-refractivity contribution in [1.82, 2.24) is 0 Å². The molecule has 3 amide bonds. The van der Waals surface area contributed by atoms with E-state index in [9.17, 15) is 19.2 Å². The van der Waals surface area contributed by atoms with Gasteiger partial charge in [0, 0.05) is 36.6 Å². The Morgan fingerprint density at radius 1 is 0.711 bits per heavy atom. The maximum atomic E-state index is 14.1. The number of hydrogen-bond donors (Lipinski definition) is 0. The monoisotopic (exact) mass is 598 g/mol. The molecule has 2 fully saturated rings. The summed E-state index contributed by atoms with van der Waals surface area (Å²) < 4.78 is 11.2. The largest absolute Gasteiger partial charge is 0.494 e. The summed E-state index contributed by atoms with van der Waals surface area (Å²) in [6.45, 7) is 2.64. The zero-order valence-corrected chi connectivity index (χ0v) is 24.6. The maximum absolute atomic E-state index is 14.1. The number of esters is 1. The molecule has 8 nitrogen and oxygen atoms in total. The highest BCUT2D eigenvalue weighted by Gasteiger charge is 2.61. The predicted molar refractivity (Wildman–Crippen MR) is 166 cm³/mol. The molecule has 2 heterocycles. The van der Waals surface area contributed by atoms with Crippen molar-refractivity contribution in [3.8, 4) is 11.5 Å². The van der Waals surface area contributed by atoms with Crippen molar-refractivity contribution in [3.63, 3.8) is 0 Å². The first-order valence-electron chi connectivity index (χ1n) is 15.3. The summed E-state index contributed by atoms with van der Waals surface area (Å²) in [5.41, 5.74) is 5.50. The number of imide groups is 1. The minimum atomic E-state index is -0.654. The van der Waals surface area contributed by atoms with E-state index >= 15 is 0 Å². The second-order valence-corrected chi connectivity index (χ2v) is 12.0. The van der Waals surface area contributed by atoms with E-state index in [-0.39, 0.29) is 48.3 Å². The fourth-order valence-corrected chi connectivity index (χ4v) is 7.82. The van der Waals surface area contributed by atoms with Crippen LogP contribution < -0.4 is 19.3 Å². The first-order chi connectivity index (χ1) is 21.9. The van der Waals surface area contributed by atoms with Crippen LogP contribution in [0.15, 0.2) is 97.1 Å². The highest BCUT2D eigenvalue weighted by molar-refractivity contribution is 6.23. The van der Waals surface area contributed by atoms with Crippen molar-refractivity contribution in [2.75, 3.05) is 23.0 Å². The van der Waals surface area contributed by atoms with E-state index in [0.717, 1.165) is 22.3 Å². The summed E-state index contributed by atoms with van der Waals surface area (Å²) in [5, 5.41) is 0. The molecule has 0 spiro atoms. The molecule has 4 aromatic carbocycles. The zero-order chi connectivity index (χ0) is 30.8. The average Bonchev–Trinajstić information content (AvgIpc) is 3.58. The number of amides is 3. The summed E-state index contributed by atoms with van der Waals surface area (Å²) in [5.74, 6) is -2.31. The Kier molecular flexibility index (Phi) is 6.34. The Morgan fingerprint density at radius 2 is 1.29 bits per heavy atom. The number of rotatable bonds is 6. The average molecular weight is 599 g/mol. The Morgan fingerprint density at radius 3 is 1.84 bits per heavy atom. The molecule has 3 atom stereocenters. The van der Waals surface area contributed by atoms with Crippen LogP contribution in [0.5, 0.6) is 11.5 Å². The van der Waals surface area contributed by atoms with Gasteiger partial charge in [0.15, 0.2) is 0 Å². The third-order valence-corrected chi connectivity index (χ3v) is 9.66. The minimum Gasteiger partial charge on any atom is -0.494 e. The lowest BCUT2D eigenvalue weighted by atomic mass is 9.55. The molecule has 0 unspecified atom stereocenters. The third-order valence-electron chi connectivity index (χ3n) is 9.66. The van der Waals surface area contributed by atoms with Gasteiger partial charge in [-0.25, -0.2) is 4.90 Å². The van der Waals surface area contributed by atoms with Crippen LogP contribution in [-0.2, 0) is 19.2 Å². The molecule has 0 radical (unpaired) electrons. The summed E-state index contributed by atoms with van der Waals surface area (Å²) in [7, 11) is 0. The van der Waals surface area contributed by atoms with Crippen LogP contribution in [-0.4, -0.2) is 36.8 Å². The van der Waals surface area contributed by atoms with Crippen LogP contribution in [0.4, 0.5) is 11.4 Å². The number of carbonyl (C=O) groups is 4. The Bertz CT molecular complexity index is 1770. The van der Waals surface area contributed by atoms with Crippen molar-refractivity contribution in [1.29, 1.82) is 0 Å². The molecule has 0 N–H and O–H groups in total. The predicted octanol–water partition coefficient (Wildman–Crippen LogP) is 5.44. The molecule has 5 aliphatic rings. The number of anilines is 2. The van der Waals surface area contributed by atoms with Gasteiger partial charge in [-0.2, -0.15) is 0 Å². The molecular formula is C37H30N2O6. The van der Waals surface area contributed by atoms with Gasteiger partial charge in [0.25, 0.3) is 0 Å². The van der Waals surface area contributed by atoms with Gasteiger partial charge in [-0.05, 0) is 65.6 Å². The smallest absolute Gasteiger partial charge is 0.316 e. The highest BCUT2D eigenvalue weighted by Crippen LogP contribution is 2.61. The molecule has 2 saturated heterocycles. The summed E-state index contributed by atoms with van der Waals surface area (Å²) >= 11 is 0. The van der Waals surface area contributed by atoms with Crippen molar-refractivity contribution in [2.24, 2.45) is 17.8 Å².